The normalized spacial score (nSPS) is 11.2. The summed E-state index contributed by atoms with van der Waals surface area (Å²) in [7, 11) is 0. The summed E-state index contributed by atoms with van der Waals surface area (Å²) in [6.07, 6.45) is 0.308. The average Bonchev–Trinajstić information content (AvgIpc) is 2.89. The Bertz CT molecular complexity index is 1350. The first kappa shape index (κ1) is 24.4. The van der Waals surface area contributed by atoms with E-state index in [2.05, 4.69) is 16.0 Å². The number of para-hydroxylation sites is 1. The quantitative estimate of drug-likeness (QED) is 0.325. The number of benzene rings is 4. The molecule has 0 aliphatic rings. The van der Waals surface area contributed by atoms with E-state index >= 15 is 0 Å². The van der Waals surface area contributed by atoms with Gasteiger partial charge >= 0.3 is 0 Å². The van der Waals surface area contributed by atoms with Crippen molar-refractivity contribution in [1.82, 2.24) is 5.32 Å². The standard InChI is InChI=1S/C30H27N3O3/c1-21-11-10-16-24(19-21)31-30(36)27(20-22-12-4-2-5-13-22)33-29(35)25-17-8-9-18-26(25)32-28(34)23-14-6-3-7-15-23/h2-19,27H,20H2,1H3,(H,31,36)(H,32,34)(H,33,35)/t27-/m1/s1. The third-order valence-corrected chi connectivity index (χ3v) is 5.65. The lowest BCUT2D eigenvalue weighted by Crippen LogP contribution is -2.45. The Labute approximate surface area is 210 Å². The molecule has 0 unspecified atom stereocenters. The minimum atomic E-state index is -0.835. The first-order valence-corrected chi connectivity index (χ1v) is 11.7. The third-order valence-electron chi connectivity index (χ3n) is 5.65. The number of carbonyl (C=O) groups is 3. The number of hydrogen-bond donors (Lipinski definition) is 3. The number of aryl methyl sites for hydroxylation is 1. The van der Waals surface area contributed by atoms with E-state index < -0.39 is 11.9 Å². The second-order valence-corrected chi connectivity index (χ2v) is 8.44. The molecule has 0 saturated carbocycles. The van der Waals surface area contributed by atoms with Gasteiger partial charge in [-0.15, -0.1) is 0 Å². The van der Waals surface area contributed by atoms with Gasteiger partial charge in [0.05, 0.1) is 11.3 Å². The maximum Gasteiger partial charge on any atom is 0.255 e. The van der Waals surface area contributed by atoms with Crippen LogP contribution in [0.4, 0.5) is 11.4 Å². The Hall–Kier alpha value is -4.71. The molecule has 0 aliphatic carbocycles. The van der Waals surface area contributed by atoms with Crippen molar-refractivity contribution >= 4 is 29.1 Å². The lowest BCUT2D eigenvalue weighted by molar-refractivity contribution is -0.118. The van der Waals surface area contributed by atoms with Gasteiger partial charge in [0.1, 0.15) is 6.04 Å². The number of hydrogen-bond acceptors (Lipinski definition) is 3. The van der Waals surface area contributed by atoms with Crippen molar-refractivity contribution in [3.05, 3.63) is 131 Å². The minimum Gasteiger partial charge on any atom is -0.340 e. The van der Waals surface area contributed by atoms with Crippen LogP contribution in [0.1, 0.15) is 31.8 Å². The van der Waals surface area contributed by atoms with Crippen molar-refractivity contribution in [2.45, 2.75) is 19.4 Å². The molecule has 6 nitrogen and oxygen atoms in total. The molecule has 4 aromatic carbocycles. The van der Waals surface area contributed by atoms with Gasteiger partial charge in [-0.2, -0.15) is 0 Å². The Balaban J connectivity index is 1.55. The first-order valence-electron chi connectivity index (χ1n) is 11.7. The van der Waals surface area contributed by atoms with Crippen molar-refractivity contribution in [2.24, 2.45) is 0 Å². The van der Waals surface area contributed by atoms with Crippen LogP contribution in [0, 0.1) is 6.92 Å². The van der Waals surface area contributed by atoms with Crippen LogP contribution in [0.5, 0.6) is 0 Å². The maximum atomic E-state index is 13.4. The minimum absolute atomic E-state index is 0.267. The van der Waals surface area contributed by atoms with Gasteiger partial charge in [0.25, 0.3) is 11.8 Å². The van der Waals surface area contributed by atoms with E-state index in [1.165, 1.54) is 0 Å². The van der Waals surface area contributed by atoms with Crippen molar-refractivity contribution in [2.75, 3.05) is 10.6 Å². The zero-order chi connectivity index (χ0) is 25.3. The molecule has 0 spiro atoms. The molecule has 180 valence electrons. The van der Waals surface area contributed by atoms with Crippen molar-refractivity contribution in [3.63, 3.8) is 0 Å². The van der Waals surface area contributed by atoms with Gasteiger partial charge in [0, 0.05) is 17.7 Å². The lowest BCUT2D eigenvalue weighted by Gasteiger charge is -2.20. The predicted octanol–water partition coefficient (Wildman–Crippen LogP) is 5.23. The molecule has 36 heavy (non-hydrogen) atoms. The van der Waals surface area contributed by atoms with Crippen LogP contribution in [-0.2, 0) is 11.2 Å². The maximum absolute atomic E-state index is 13.4. The van der Waals surface area contributed by atoms with E-state index in [1.54, 1.807) is 54.6 Å². The summed E-state index contributed by atoms with van der Waals surface area (Å²) in [6, 6.07) is 31.6. The van der Waals surface area contributed by atoms with Crippen LogP contribution >= 0.6 is 0 Å². The molecule has 0 aromatic heterocycles. The largest absolute Gasteiger partial charge is 0.340 e. The summed E-state index contributed by atoms with van der Waals surface area (Å²) < 4.78 is 0. The topological polar surface area (TPSA) is 87.3 Å². The van der Waals surface area contributed by atoms with Crippen molar-refractivity contribution in [3.8, 4) is 0 Å². The average molecular weight is 478 g/mol. The molecule has 0 saturated heterocycles. The van der Waals surface area contributed by atoms with Crippen molar-refractivity contribution < 1.29 is 14.4 Å². The highest BCUT2D eigenvalue weighted by Crippen LogP contribution is 2.18. The summed E-state index contributed by atoms with van der Waals surface area (Å²) in [5, 5.41) is 8.58. The van der Waals surface area contributed by atoms with Gasteiger partial charge in [-0.1, -0.05) is 72.8 Å². The Morgan fingerprint density at radius 1 is 0.694 bits per heavy atom. The summed E-state index contributed by atoms with van der Waals surface area (Å²) in [4.78, 5) is 39.3. The fourth-order valence-corrected chi connectivity index (χ4v) is 3.82. The number of rotatable bonds is 8. The van der Waals surface area contributed by atoms with Crippen LogP contribution in [0.2, 0.25) is 0 Å². The van der Waals surface area contributed by atoms with E-state index in [-0.39, 0.29) is 17.4 Å². The SMILES string of the molecule is Cc1cccc(NC(=O)[C@@H](Cc2ccccc2)NC(=O)c2ccccc2NC(=O)c2ccccc2)c1. The van der Waals surface area contributed by atoms with Gasteiger partial charge in [0.15, 0.2) is 0 Å². The fourth-order valence-electron chi connectivity index (χ4n) is 3.82. The molecule has 3 N–H and O–H groups in total. The van der Waals surface area contributed by atoms with Gasteiger partial charge in [0.2, 0.25) is 5.91 Å². The van der Waals surface area contributed by atoms with E-state index in [4.69, 9.17) is 0 Å². The summed E-state index contributed by atoms with van der Waals surface area (Å²) >= 11 is 0. The van der Waals surface area contributed by atoms with Gasteiger partial charge in [-0.05, 0) is 54.4 Å². The second kappa shape index (κ2) is 11.6. The van der Waals surface area contributed by atoms with Gasteiger partial charge < -0.3 is 16.0 Å². The summed E-state index contributed by atoms with van der Waals surface area (Å²) in [5.41, 5.74) is 3.69. The Morgan fingerprint density at radius 3 is 2.08 bits per heavy atom. The highest BCUT2D eigenvalue weighted by molar-refractivity contribution is 6.10. The Kier molecular flexibility index (Phi) is 7.88. The molecule has 0 aliphatic heterocycles. The molecule has 3 amide bonds. The van der Waals surface area contributed by atoms with Crippen LogP contribution in [0.3, 0.4) is 0 Å². The molecule has 6 heteroatoms. The molecule has 1 atom stereocenters. The highest BCUT2D eigenvalue weighted by Gasteiger charge is 2.24. The van der Waals surface area contributed by atoms with Crippen LogP contribution < -0.4 is 16.0 Å². The number of carbonyl (C=O) groups excluding carboxylic acids is 3. The summed E-state index contributed by atoms with van der Waals surface area (Å²) in [5.74, 6) is -1.11. The molecule has 0 fully saturated rings. The van der Waals surface area contributed by atoms with Crippen LogP contribution in [0.15, 0.2) is 109 Å². The van der Waals surface area contributed by atoms with Gasteiger partial charge in [-0.3, -0.25) is 14.4 Å². The molecule has 4 rings (SSSR count). The lowest BCUT2D eigenvalue weighted by atomic mass is 10.0. The smallest absolute Gasteiger partial charge is 0.255 e. The fraction of sp³-hybridized carbons (Fsp3) is 0.100. The molecular formula is C30H27N3O3. The van der Waals surface area contributed by atoms with E-state index in [1.807, 2.05) is 61.5 Å². The van der Waals surface area contributed by atoms with E-state index in [0.29, 0.717) is 23.4 Å². The third kappa shape index (κ3) is 6.45. The Morgan fingerprint density at radius 2 is 1.36 bits per heavy atom. The van der Waals surface area contributed by atoms with E-state index in [9.17, 15) is 14.4 Å². The molecule has 4 aromatic rings. The first-order chi connectivity index (χ1) is 17.5. The van der Waals surface area contributed by atoms with E-state index in [0.717, 1.165) is 11.1 Å². The molecular weight excluding hydrogens is 450 g/mol. The summed E-state index contributed by atoms with van der Waals surface area (Å²) in [6.45, 7) is 1.94. The van der Waals surface area contributed by atoms with Crippen molar-refractivity contribution in [1.29, 1.82) is 0 Å². The predicted molar refractivity (Wildman–Crippen MR) is 142 cm³/mol. The highest BCUT2D eigenvalue weighted by atomic mass is 16.2. The zero-order valence-electron chi connectivity index (χ0n) is 19.9. The number of nitrogens with one attached hydrogen (secondary N) is 3. The number of anilines is 2. The monoisotopic (exact) mass is 477 g/mol. The van der Waals surface area contributed by atoms with Gasteiger partial charge in [-0.25, -0.2) is 0 Å². The molecule has 0 radical (unpaired) electrons. The molecule has 0 heterocycles. The van der Waals surface area contributed by atoms with Crippen LogP contribution in [0.25, 0.3) is 0 Å². The number of amides is 3. The molecule has 0 bridgehead atoms. The second-order valence-electron chi connectivity index (χ2n) is 8.44. The van der Waals surface area contributed by atoms with Crippen LogP contribution in [-0.4, -0.2) is 23.8 Å². The zero-order valence-corrected chi connectivity index (χ0v) is 19.9.